The highest BCUT2D eigenvalue weighted by Gasteiger charge is 2.20. The summed E-state index contributed by atoms with van der Waals surface area (Å²) in [6.45, 7) is 0.446. The van der Waals surface area contributed by atoms with E-state index < -0.39 is 5.91 Å². The fourth-order valence-corrected chi connectivity index (χ4v) is 2.63. The normalized spacial score (nSPS) is 12.5. The number of guanidine groups is 1. The van der Waals surface area contributed by atoms with E-state index in [0.29, 0.717) is 17.9 Å². The molecule has 4 N–H and O–H groups in total. The van der Waals surface area contributed by atoms with E-state index in [9.17, 15) is 4.79 Å². The second-order valence-electron chi connectivity index (χ2n) is 5.18. The molecule has 122 valence electrons. The highest BCUT2D eigenvalue weighted by Crippen LogP contribution is 2.38. The molecule has 1 amide bonds. The van der Waals surface area contributed by atoms with Gasteiger partial charge in [-0.25, -0.2) is 0 Å². The number of rotatable bonds is 3. The predicted molar refractivity (Wildman–Crippen MR) is 92.2 cm³/mol. The molecule has 0 aromatic heterocycles. The minimum Gasteiger partial charge on any atom is -0.496 e. The minimum absolute atomic E-state index is 0.269. The highest BCUT2D eigenvalue weighted by atomic mass is 16.5. The van der Waals surface area contributed by atoms with Gasteiger partial charge in [0, 0.05) is 16.7 Å². The van der Waals surface area contributed by atoms with E-state index in [1.807, 2.05) is 30.3 Å². The number of methoxy groups -OCH3 is 1. The van der Waals surface area contributed by atoms with E-state index in [4.69, 9.17) is 20.9 Å². The average molecular weight is 323 g/mol. The van der Waals surface area contributed by atoms with Gasteiger partial charge < -0.3 is 20.9 Å². The lowest BCUT2D eigenvalue weighted by molar-refractivity contribution is 0.100. The number of hydrogen-bond donors (Lipinski definition) is 2. The van der Waals surface area contributed by atoms with Gasteiger partial charge in [-0.2, -0.15) is 4.99 Å². The number of aliphatic imine (C=N–C) groups is 1. The van der Waals surface area contributed by atoms with Crippen LogP contribution in [0.2, 0.25) is 0 Å². The second-order valence-corrected chi connectivity index (χ2v) is 5.18. The first-order chi connectivity index (χ1) is 11.6. The first kappa shape index (κ1) is 15.6. The molecule has 0 saturated carbocycles. The third kappa shape index (κ3) is 2.94. The van der Waals surface area contributed by atoms with Gasteiger partial charge in [-0.1, -0.05) is 18.2 Å². The lowest BCUT2D eigenvalue weighted by Gasteiger charge is -2.21. The van der Waals surface area contributed by atoms with Crippen LogP contribution >= 0.6 is 0 Å². The third-order valence-electron chi connectivity index (χ3n) is 3.67. The van der Waals surface area contributed by atoms with Gasteiger partial charge in [0.1, 0.15) is 18.1 Å². The summed E-state index contributed by atoms with van der Waals surface area (Å²) in [5.74, 6) is 0.675. The van der Waals surface area contributed by atoms with Crippen LogP contribution in [0.5, 0.6) is 11.5 Å². The van der Waals surface area contributed by atoms with Crippen LogP contribution in [0.1, 0.15) is 21.5 Å². The van der Waals surface area contributed by atoms with Gasteiger partial charge in [-0.05, 0) is 35.9 Å². The third-order valence-corrected chi connectivity index (χ3v) is 3.67. The smallest absolute Gasteiger partial charge is 0.280 e. The fourth-order valence-electron chi connectivity index (χ4n) is 2.63. The minimum atomic E-state index is -0.497. The maximum absolute atomic E-state index is 12.1. The topological polar surface area (TPSA) is 99.9 Å². The zero-order valence-electron chi connectivity index (χ0n) is 13.2. The van der Waals surface area contributed by atoms with Crippen molar-refractivity contribution in [1.29, 1.82) is 0 Å². The summed E-state index contributed by atoms with van der Waals surface area (Å²) < 4.78 is 11.1. The van der Waals surface area contributed by atoms with E-state index in [1.165, 1.54) is 0 Å². The maximum Gasteiger partial charge on any atom is 0.280 e. The first-order valence-corrected chi connectivity index (χ1v) is 7.35. The summed E-state index contributed by atoms with van der Waals surface area (Å²) in [7, 11) is 1.62. The Bertz CT molecular complexity index is 852. The number of ether oxygens (including phenoxy) is 2. The van der Waals surface area contributed by atoms with Crippen LogP contribution in [0.15, 0.2) is 53.5 Å². The molecule has 2 aromatic carbocycles. The number of fused-ring (bicyclic) bond motifs is 1. The van der Waals surface area contributed by atoms with Crippen LogP contribution < -0.4 is 20.9 Å². The van der Waals surface area contributed by atoms with Crippen molar-refractivity contribution in [3.05, 3.63) is 65.2 Å². The molecule has 6 nitrogen and oxygen atoms in total. The quantitative estimate of drug-likeness (QED) is 0.664. The molecule has 0 fully saturated rings. The van der Waals surface area contributed by atoms with Gasteiger partial charge >= 0.3 is 0 Å². The summed E-state index contributed by atoms with van der Waals surface area (Å²) in [5.41, 5.74) is 13.6. The van der Waals surface area contributed by atoms with Gasteiger partial charge in [-0.15, -0.1) is 0 Å². The van der Waals surface area contributed by atoms with Gasteiger partial charge in [0.15, 0.2) is 5.96 Å². The number of amides is 1. The fraction of sp³-hybridized carbons (Fsp3) is 0.111. The molecule has 0 spiro atoms. The SMILES string of the molecule is COc1ccccc1C1=CCOc2ccc(C(=O)N=C(N)N)cc21. The summed E-state index contributed by atoms with van der Waals surface area (Å²) in [6, 6.07) is 12.8. The summed E-state index contributed by atoms with van der Waals surface area (Å²) in [6.07, 6.45) is 1.95. The molecule has 0 bridgehead atoms. The maximum atomic E-state index is 12.1. The zero-order valence-corrected chi connectivity index (χ0v) is 13.2. The zero-order chi connectivity index (χ0) is 17.1. The number of hydrogen-bond acceptors (Lipinski definition) is 3. The Morgan fingerprint density at radius 3 is 2.71 bits per heavy atom. The van der Waals surface area contributed by atoms with Crippen molar-refractivity contribution in [3.8, 4) is 11.5 Å². The van der Waals surface area contributed by atoms with Gasteiger partial charge in [0.25, 0.3) is 5.91 Å². The van der Waals surface area contributed by atoms with Gasteiger partial charge in [0.2, 0.25) is 0 Å². The Morgan fingerprint density at radius 2 is 1.96 bits per heavy atom. The average Bonchev–Trinajstić information content (AvgIpc) is 2.60. The highest BCUT2D eigenvalue weighted by molar-refractivity contribution is 6.03. The number of carbonyl (C=O) groups is 1. The van der Waals surface area contributed by atoms with Gasteiger partial charge in [-0.3, -0.25) is 4.79 Å². The molecule has 0 saturated heterocycles. The van der Waals surface area contributed by atoms with Gasteiger partial charge in [0.05, 0.1) is 7.11 Å². The Hall–Kier alpha value is -3.28. The molecular formula is C18H17N3O3. The lowest BCUT2D eigenvalue weighted by atomic mass is 9.93. The molecule has 1 heterocycles. The molecular weight excluding hydrogens is 306 g/mol. The molecule has 24 heavy (non-hydrogen) atoms. The van der Waals surface area contributed by atoms with Crippen LogP contribution in [-0.2, 0) is 0 Å². The number of nitrogens with two attached hydrogens (primary N) is 2. The standard InChI is InChI=1S/C18H17N3O3/c1-23-15-5-3-2-4-13(15)12-8-9-24-16-7-6-11(10-14(12)16)17(22)21-18(19)20/h2-8,10H,9H2,1H3,(H4,19,20,21,22). The van der Waals surface area contributed by atoms with E-state index in [1.54, 1.807) is 25.3 Å². The van der Waals surface area contributed by atoms with Crippen LogP contribution in [0, 0.1) is 0 Å². The van der Waals surface area contributed by atoms with Crippen LogP contribution in [0.3, 0.4) is 0 Å². The number of nitrogens with zero attached hydrogens (tertiary/aromatic N) is 1. The number of benzene rings is 2. The van der Waals surface area contributed by atoms with Crippen molar-refractivity contribution in [2.75, 3.05) is 13.7 Å². The summed E-state index contributed by atoms with van der Waals surface area (Å²) in [5, 5.41) is 0. The van der Waals surface area contributed by atoms with Crippen molar-refractivity contribution in [2.45, 2.75) is 0 Å². The molecule has 1 aliphatic rings. The number of carbonyl (C=O) groups excluding carboxylic acids is 1. The van der Waals surface area contributed by atoms with E-state index >= 15 is 0 Å². The van der Waals surface area contributed by atoms with Crippen LogP contribution in [-0.4, -0.2) is 25.6 Å². The van der Waals surface area contributed by atoms with E-state index in [2.05, 4.69) is 4.99 Å². The van der Waals surface area contributed by atoms with Crippen LogP contribution in [0.4, 0.5) is 0 Å². The number of para-hydroxylation sites is 1. The Balaban J connectivity index is 2.09. The molecule has 0 radical (unpaired) electrons. The second kappa shape index (κ2) is 6.45. The predicted octanol–water partition coefficient (Wildman–Crippen LogP) is 1.93. The molecule has 1 aliphatic heterocycles. The van der Waals surface area contributed by atoms with Crippen molar-refractivity contribution in [1.82, 2.24) is 0 Å². The van der Waals surface area contributed by atoms with Crippen molar-refractivity contribution < 1.29 is 14.3 Å². The summed E-state index contributed by atoms with van der Waals surface area (Å²) in [4.78, 5) is 15.7. The van der Waals surface area contributed by atoms with Crippen molar-refractivity contribution in [2.24, 2.45) is 16.5 Å². The molecule has 0 aliphatic carbocycles. The van der Waals surface area contributed by atoms with E-state index in [-0.39, 0.29) is 5.96 Å². The van der Waals surface area contributed by atoms with Crippen molar-refractivity contribution in [3.63, 3.8) is 0 Å². The molecule has 3 rings (SSSR count). The Labute approximate surface area is 139 Å². The molecule has 2 aromatic rings. The lowest BCUT2D eigenvalue weighted by Crippen LogP contribution is -2.24. The van der Waals surface area contributed by atoms with Crippen molar-refractivity contribution >= 4 is 17.4 Å². The summed E-state index contributed by atoms with van der Waals surface area (Å²) >= 11 is 0. The Morgan fingerprint density at radius 1 is 1.17 bits per heavy atom. The molecule has 6 heteroatoms. The van der Waals surface area contributed by atoms with E-state index in [0.717, 1.165) is 22.4 Å². The molecule has 0 atom stereocenters. The first-order valence-electron chi connectivity index (χ1n) is 7.35. The molecule has 0 unspecified atom stereocenters. The Kier molecular flexibility index (Phi) is 4.20. The van der Waals surface area contributed by atoms with Crippen LogP contribution in [0.25, 0.3) is 5.57 Å². The monoisotopic (exact) mass is 323 g/mol. The largest absolute Gasteiger partial charge is 0.496 e.